The maximum Gasteiger partial charge on any atom is 0.256 e. The van der Waals surface area contributed by atoms with Gasteiger partial charge < -0.3 is 10.6 Å². The molecule has 1 aliphatic carbocycles. The highest BCUT2D eigenvalue weighted by Gasteiger charge is 2.23. The average molecular weight is 485 g/mol. The number of halogens is 2. The first kappa shape index (κ1) is 16.4. The second-order valence-corrected chi connectivity index (χ2v) is 7.48. The van der Waals surface area contributed by atoms with E-state index in [9.17, 15) is 9.59 Å². The van der Waals surface area contributed by atoms with Crippen molar-refractivity contribution in [3.8, 4) is 0 Å². The highest BCUT2D eigenvalue weighted by Crippen LogP contribution is 2.21. The molecular formula is C17H14BrIN2O2. The van der Waals surface area contributed by atoms with Gasteiger partial charge in [0.2, 0.25) is 0 Å². The van der Waals surface area contributed by atoms with Crippen LogP contribution in [0, 0.1) is 3.57 Å². The van der Waals surface area contributed by atoms with Crippen LogP contribution in [-0.4, -0.2) is 17.9 Å². The first-order valence-corrected chi connectivity index (χ1v) is 9.07. The summed E-state index contributed by atoms with van der Waals surface area (Å²) in [6, 6.07) is 12.8. The number of amides is 2. The quantitative estimate of drug-likeness (QED) is 0.639. The molecule has 0 aromatic heterocycles. The minimum absolute atomic E-state index is 0.0966. The Balaban J connectivity index is 1.75. The van der Waals surface area contributed by atoms with Crippen LogP contribution in [0.3, 0.4) is 0 Å². The third kappa shape index (κ3) is 4.32. The molecule has 0 radical (unpaired) electrons. The normalized spacial score (nSPS) is 13.5. The molecule has 2 aromatic rings. The Kier molecular flexibility index (Phi) is 5.01. The van der Waals surface area contributed by atoms with Crippen molar-refractivity contribution in [2.75, 3.05) is 5.32 Å². The lowest BCUT2D eigenvalue weighted by molar-refractivity contribution is 0.0949. The zero-order valence-corrected chi connectivity index (χ0v) is 15.8. The summed E-state index contributed by atoms with van der Waals surface area (Å²) in [5, 5.41) is 5.79. The van der Waals surface area contributed by atoms with Gasteiger partial charge in [-0.15, -0.1) is 0 Å². The first-order chi connectivity index (χ1) is 11.0. The standard InChI is InChI=1S/C17H14BrIN2O2/c18-11-4-7-15(19)14(9-11)17(23)21-13-3-1-2-10(8-13)16(22)20-12-5-6-12/h1-4,7-9,12H,5-6H2,(H,20,22)(H,21,23). The lowest BCUT2D eigenvalue weighted by atomic mass is 10.1. The fourth-order valence-corrected chi connectivity index (χ4v) is 3.05. The van der Waals surface area contributed by atoms with Gasteiger partial charge in [-0.2, -0.15) is 0 Å². The van der Waals surface area contributed by atoms with Crippen LogP contribution in [-0.2, 0) is 0 Å². The molecule has 6 heteroatoms. The minimum atomic E-state index is -0.199. The molecule has 2 N–H and O–H groups in total. The Labute approximate surface area is 156 Å². The Morgan fingerprint density at radius 3 is 2.61 bits per heavy atom. The van der Waals surface area contributed by atoms with Gasteiger partial charge >= 0.3 is 0 Å². The van der Waals surface area contributed by atoms with Crippen LogP contribution >= 0.6 is 38.5 Å². The molecule has 118 valence electrons. The molecule has 3 rings (SSSR count). The summed E-state index contributed by atoms with van der Waals surface area (Å²) < 4.78 is 1.71. The number of carbonyl (C=O) groups excluding carboxylic acids is 2. The van der Waals surface area contributed by atoms with E-state index in [0.29, 0.717) is 22.9 Å². The van der Waals surface area contributed by atoms with Crippen LogP contribution in [0.5, 0.6) is 0 Å². The Morgan fingerprint density at radius 2 is 1.87 bits per heavy atom. The second kappa shape index (κ2) is 7.00. The molecule has 2 aromatic carbocycles. The van der Waals surface area contributed by atoms with Crippen LogP contribution in [0.4, 0.5) is 5.69 Å². The van der Waals surface area contributed by atoms with Crippen molar-refractivity contribution in [1.82, 2.24) is 5.32 Å². The summed E-state index contributed by atoms with van der Waals surface area (Å²) in [7, 11) is 0. The molecule has 0 bridgehead atoms. The second-order valence-electron chi connectivity index (χ2n) is 5.41. The van der Waals surface area contributed by atoms with Gasteiger partial charge in [-0.3, -0.25) is 9.59 Å². The SMILES string of the molecule is O=C(NC1CC1)c1cccc(NC(=O)c2cc(Br)ccc2I)c1. The van der Waals surface area contributed by atoms with Crippen molar-refractivity contribution in [3.63, 3.8) is 0 Å². The number of rotatable bonds is 4. The third-order valence-corrected chi connectivity index (χ3v) is 4.90. The molecule has 2 amide bonds. The minimum Gasteiger partial charge on any atom is -0.349 e. The molecule has 0 heterocycles. The number of hydrogen-bond acceptors (Lipinski definition) is 2. The molecule has 1 fully saturated rings. The van der Waals surface area contributed by atoms with E-state index < -0.39 is 0 Å². The van der Waals surface area contributed by atoms with Gasteiger partial charge in [0.25, 0.3) is 11.8 Å². The summed E-state index contributed by atoms with van der Waals surface area (Å²) in [6.45, 7) is 0. The van der Waals surface area contributed by atoms with Gasteiger partial charge in [-0.1, -0.05) is 22.0 Å². The highest BCUT2D eigenvalue weighted by molar-refractivity contribution is 14.1. The molecule has 0 spiro atoms. The van der Waals surface area contributed by atoms with E-state index in [-0.39, 0.29) is 11.8 Å². The molecule has 1 saturated carbocycles. The van der Waals surface area contributed by atoms with Crippen molar-refractivity contribution in [2.24, 2.45) is 0 Å². The van der Waals surface area contributed by atoms with Gasteiger partial charge in [-0.05, 0) is 71.8 Å². The predicted molar refractivity (Wildman–Crippen MR) is 102 cm³/mol. The number of carbonyl (C=O) groups is 2. The van der Waals surface area contributed by atoms with Crippen LogP contribution in [0.15, 0.2) is 46.9 Å². The van der Waals surface area contributed by atoms with Crippen LogP contribution in [0.25, 0.3) is 0 Å². The van der Waals surface area contributed by atoms with Gasteiger partial charge in [-0.25, -0.2) is 0 Å². The molecule has 0 atom stereocenters. The fraction of sp³-hybridized carbons (Fsp3) is 0.176. The van der Waals surface area contributed by atoms with E-state index in [0.717, 1.165) is 20.9 Å². The molecule has 4 nitrogen and oxygen atoms in total. The zero-order chi connectivity index (χ0) is 16.4. The molecule has 0 saturated heterocycles. The molecule has 0 aliphatic heterocycles. The van der Waals surface area contributed by atoms with Crippen LogP contribution < -0.4 is 10.6 Å². The predicted octanol–water partition coefficient (Wildman–Crippen LogP) is 4.20. The summed E-state index contributed by atoms with van der Waals surface area (Å²) in [6.07, 6.45) is 2.09. The van der Waals surface area contributed by atoms with Crippen molar-refractivity contribution in [3.05, 3.63) is 61.6 Å². The number of benzene rings is 2. The fourth-order valence-electron chi connectivity index (χ4n) is 2.10. The van der Waals surface area contributed by atoms with E-state index in [1.165, 1.54) is 0 Å². The van der Waals surface area contributed by atoms with Gasteiger partial charge in [0.15, 0.2) is 0 Å². The van der Waals surface area contributed by atoms with E-state index in [1.54, 1.807) is 30.3 Å². The maximum absolute atomic E-state index is 12.4. The monoisotopic (exact) mass is 484 g/mol. The van der Waals surface area contributed by atoms with E-state index in [4.69, 9.17) is 0 Å². The third-order valence-electron chi connectivity index (χ3n) is 3.47. The largest absolute Gasteiger partial charge is 0.349 e. The Morgan fingerprint density at radius 1 is 1.09 bits per heavy atom. The van der Waals surface area contributed by atoms with E-state index in [1.807, 2.05) is 12.1 Å². The summed E-state index contributed by atoms with van der Waals surface area (Å²) in [5.74, 6) is -0.295. The highest BCUT2D eigenvalue weighted by atomic mass is 127. The molecule has 1 aliphatic rings. The summed E-state index contributed by atoms with van der Waals surface area (Å²) in [5.41, 5.74) is 1.75. The number of hydrogen-bond donors (Lipinski definition) is 2. The smallest absolute Gasteiger partial charge is 0.256 e. The van der Waals surface area contributed by atoms with E-state index in [2.05, 4.69) is 49.2 Å². The van der Waals surface area contributed by atoms with Crippen molar-refractivity contribution in [2.45, 2.75) is 18.9 Å². The Hall–Kier alpha value is -1.41. The number of anilines is 1. The van der Waals surface area contributed by atoms with Crippen molar-refractivity contribution < 1.29 is 9.59 Å². The summed E-state index contributed by atoms with van der Waals surface area (Å²) >= 11 is 5.50. The lowest BCUT2D eigenvalue weighted by Gasteiger charge is -2.09. The topological polar surface area (TPSA) is 58.2 Å². The first-order valence-electron chi connectivity index (χ1n) is 7.20. The van der Waals surface area contributed by atoms with Gasteiger partial charge in [0.1, 0.15) is 0 Å². The lowest BCUT2D eigenvalue weighted by Crippen LogP contribution is -2.25. The molecule has 0 unspecified atom stereocenters. The zero-order valence-electron chi connectivity index (χ0n) is 12.1. The van der Waals surface area contributed by atoms with Crippen molar-refractivity contribution >= 4 is 56.0 Å². The average Bonchev–Trinajstić information content (AvgIpc) is 3.34. The van der Waals surface area contributed by atoms with Crippen molar-refractivity contribution in [1.29, 1.82) is 0 Å². The van der Waals surface area contributed by atoms with Gasteiger partial charge in [0, 0.05) is 25.3 Å². The maximum atomic E-state index is 12.4. The summed E-state index contributed by atoms with van der Waals surface area (Å²) in [4.78, 5) is 24.5. The van der Waals surface area contributed by atoms with Crippen LogP contribution in [0.1, 0.15) is 33.6 Å². The molecule has 23 heavy (non-hydrogen) atoms. The number of nitrogens with one attached hydrogen (secondary N) is 2. The van der Waals surface area contributed by atoms with Gasteiger partial charge in [0.05, 0.1) is 5.56 Å². The van der Waals surface area contributed by atoms with Crippen LogP contribution in [0.2, 0.25) is 0 Å². The Bertz CT molecular complexity index is 775. The molecular weight excluding hydrogens is 471 g/mol. The van der Waals surface area contributed by atoms with E-state index >= 15 is 0 Å².